The first-order valence-electron chi connectivity index (χ1n) is 3.74. The molecule has 68 valence electrons. The maximum atomic E-state index is 11.8. The molecule has 0 aliphatic heterocycles. The molecule has 0 aromatic rings. The third-order valence-corrected chi connectivity index (χ3v) is 4.70. The zero-order valence-electron chi connectivity index (χ0n) is 7.97. The summed E-state index contributed by atoms with van der Waals surface area (Å²) >= 11 is 4.18. The molecule has 0 spiro atoms. The lowest BCUT2D eigenvalue weighted by Gasteiger charge is -2.30. The molecule has 0 aliphatic rings. The monoisotopic (exact) mass is 194 g/mol. The molecule has 0 fully saturated rings. The van der Waals surface area contributed by atoms with Crippen LogP contribution >= 0.6 is 12.6 Å². The van der Waals surface area contributed by atoms with Crippen molar-refractivity contribution in [2.45, 2.75) is 44.1 Å². The first kappa shape index (κ1) is 11.5. The highest BCUT2D eigenvalue weighted by atomic mass is 32.2. The van der Waals surface area contributed by atoms with Crippen LogP contribution in [0.25, 0.3) is 0 Å². The van der Waals surface area contributed by atoms with E-state index in [1.807, 2.05) is 34.6 Å². The van der Waals surface area contributed by atoms with Gasteiger partial charge in [0.2, 0.25) is 0 Å². The molecule has 0 aliphatic carbocycles. The Morgan fingerprint density at radius 3 is 1.64 bits per heavy atom. The summed E-state index contributed by atoms with van der Waals surface area (Å²) in [6.45, 7) is 9.96. The normalized spacial score (nSPS) is 16.5. The fraction of sp³-hybridized carbons (Fsp3) is 1.00. The molecule has 0 aromatic heterocycles. The van der Waals surface area contributed by atoms with Gasteiger partial charge in [-0.2, -0.15) is 12.6 Å². The first-order chi connectivity index (χ1) is 4.72. The molecule has 1 atom stereocenters. The second kappa shape index (κ2) is 3.48. The quantitative estimate of drug-likeness (QED) is 0.667. The second-order valence-electron chi connectivity index (χ2n) is 4.30. The summed E-state index contributed by atoms with van der Waals surface area (Å²) in [6, 6.07) is 0. The Bertz CT molecular complexity index is 156. The van der Waals surface area contributed by atoms with E-state index in [9.17, 15) is 4.21 Å². The van der Waals surface area contributed by atoms with Crippen LogP contribution in [0.3, 0.4) is 0 Å². The highest BCUT2D eigenvalue weighted by Gasteiger charge is 2.33. The van der Waals surface area contributed by atoms with E-state index in [2.05, 4.69) is 12.6 Å². The second-order valence-corrected chi connectivity index (χ2v) is 7.48. The maximum Gasteiger partial charge on any atom is 0.0496 e. The molecule has 1 nitrogen and oxygen atoms in total. The van der Waals surface area contributed by atoms with Crippen molar-refractivity contribution in [2.75, 3.05) is 5.75 Å². The van der Waals surface area contributed by atoms with Crippen LogP contribution in [0.4, 0.5) is 0 Å². The molecule has 3 heteroatoms. The van der Waals surface area contributed by atoms with Crippen molar-refractivity contribution in [2.24, 2.45) is 0 Å². The van der Waals surface area contributed by atoms with Gasteiger partial charge in [-0.15, -0.1) is 0 Å². The molecule has 0 saturated carbocycles. The van der Waals surface area contributed by atoms with Crippen molar-refractivity contribution in [1.29, 1.82) is 0 Å². The first-order valence-corrected chi connectivity index (χ1v) is 5.53. The summed E-state index contributed by atoms with van der Waals surface area (Å²) in [6.07, 6.45) is 0. The Morgan fingerprint density at radius 2 is 1.55 bits per heavy atom. The van der Waals surface area contributed by atoms with Gasteiger partial charge in [-0.05, 0) is 34.6 Å². The molecule has 0 bridgehead atoms. The van der Waals surface area contributed by atoms with Crippen LogP contribution in [0, 0.1) is 0 Å². The number of rotatable bonds is 2. The zero-order valence-corrected chi connectivity index (χ0v) is 9.68. The van der Waals surface area contributed by atoms with Gasteiger partial charge in [-0.3, -0.25) is 4.21 Å². The predicted molar refractivity (Wildman–Crippen MR) is 55.8 cm³/mol. The van der Waals surface area contributed by atoms with Crippen molar-refractivity contribution in [1.82, 2.24) is 0 Å². The zero-order chi connectivity index (χ0) is 9.28. The topological polar surface area (TPSA) is 17.1 Å². The Morgan fingerprint density at radius 1 is 1.18 bits per heavy atom. The van der Waals surface area contributed by atoms with Crippen molar-refractivity contribution in [3.05, 3.63) is 0 Å². The summed E-state index contributed by atoms with van der Waals surface area (Å²) in [5.41, 5.74) is 0. The van der Waals surface area contributed by atoms with E-state index in [1.165, 1.54) is 0 Å². The minimum Gasteiger partial charge on any atom is -0.258 e. The average Bonchev–Trinajstić information content (AvgIpc) is 1.84. The van der Waals surface area contributed by atoms with Crippen molar-refractivity contribution < 1.29 is 4.21 Å². The SMILES string of the molecule is CC(C)(C)S(=O)C(C)(C)CS. The number of hydrogen-bond donors (Lipinski definition) is 1. The van der Waals surface area contributed by atoms with Crippen LogP contribution in [-0.4, -0.2) is 19.5 Å². The Labute approximate surface area is 77.8 Å². The lowest BCUT2D eigenvalue weighted by molar-refractivity contribution is 0.614. The van der Waals surface area contributed by atoms with Gasteiger partial charge >= 0.3 is 0 Å². The standard InChI is InChI=1S/C8H18OS2/c1-7(2,3)11(9)8(4,5)6-10/h10H,6H2,1-5H3. The van der Waals surface area contributed by atoms with E-state index in [0.717, 1.165) is 0 Å². The number of hydrogen-bond acceptors (Lipinski definition) is 2. The van der Waals surface area contributed by atoms with Crippen LogP contribution in [0.5, 0.6) is 0 Å². The summed E-state index contributed by atoms with van der Waals surface area (Å²) in [5.74, 6) is 0.664. The van der Waals surface area contributed by atoms with E-state index < -0.39 is 10.8 Å². The molecule has 0 aromatic carbocycles. The van der Waals surface area contributed by atoms with E-state index in [0.29, 0.717) is 5.75 Å². The molecular formula is C8H18OS2. The lowest BCUT2D eigenvalue weighted by Crippen LogP contribution is -2.39. The van der Waals surface area contributed by atoms with Crippen molar-refractivity contribution >= 4 is 23.4 Å². The molecule has 0 rings (SSSR count). The van der Waals surface area contributed by atoms with E-state index in [1.54, 1.807) is 0 Å². The molecule has 1 unspecified atom stereocenters. The summed E-state index contributed by atoms with van der Waals surface area (Å²) in [7, 11) is -0.824. The molecular weight excluding hydrogens is 176 g/mol. The maximum absolute atomic E-state index is 11.8. The van der Waals surface area contributed by atoms with Gasteiger partial charge in [0.25, 0.3) is 0 Å². The Balaban J connectivity index is 4.50. The van der Waals surface area contributed by atoms with Crippen LogP contribution in [-0.2, 0) is 10.8 Å². The van der Waals surface area contributed by atoms with Crippen LogP contribution in [0.1, 0.15) is 34.6 Å². The van der Waals surface area contributed by atoms with Gasteiger partial charge in [-0.1, -0.05) is 0 Å². The molecule has 0 radical (unpaired) electrons. The fourth-order valence-corrected chi connectivity index (χ4v) is 3.01. The highest BCUT2D eigenvalue weighted by molar-refractivity contribution is 7.89. The van der Waals surface area contributed by atoms with E-state index in [4.69, 9.17) is 0 Å². The molecule has 0 amide bonds. The molecule has 0 heterocycles. The minimum atomic E-state index is -0.824. The van der Waals surface area contributed by atoms with Gasteiger partial charge in [0, 0.05) is 26.0 Å². The third-order valence-electron chi connectivity index (χ3n) is 1.44. The van der Waals surface area contributed by atoms with Gasteiger partial charge in [0.15, 0.2) is 0 Å². The van der Waals surface area contributed by atoms with Gasteiger partial charge in [0.05, 0.1) is 0 Å². The Hall–Kier alpha value is 0.500. The molecule has 0 N–H and O–H groups in total. The van der Waals surface area contributed by atoms with E-state index >= 15 is 0 Å². The predicted octanol–water partition coefficient (Wildman–Crippen LogP) is 2.24. The minimum absolute atomic E-state index is 0.133. The largest absolute Gasteiger partial charge is 0.258 e. The summed E-state index contributed by atoms with van der Waals surface area (Å²) in [4.78, 5) is 0. The van der Waals surface area contributed by atoms with Crippen molar-refractivity contribution in [3.63, 3.8) is 0 Å². The summed E-state index contributed by atoms with van der Waals surface area (Å²) in [5, 5.41) is 0. The fourth-order valence-electron chi connectivity index (χ4n) is 0.888. The van der Waals surface area contributed by atoms with Crippen LogP contribution in [0.2, 0.25) is 0 Å². The molecule has 11 heavy (non-hydrogen) atoms. The lowest BCUT2D eigenvalue weighted by atomic mass is 10.2. The Kier molecular flexibility index (Phi) is 3.64. The van der Waals surface area contributed by atoms with Gasteiger partial charge in [0.1, 0.15) is 0 Å². The average molecular weight is 194 g/mol. The van der Waals surface area contributed by atoms with Crippen molar-refractivity contribution in [3.8, 4) is 0 Å². The van der Waals surface area contributed by atoms with Gasteiger partial charge < -0.3 is 0 Å². The van der Waals surface area contributed by atoms with Crippen LogP contribution in [0.15, 0.2) is 0 Å². The van der Waals surface area contributed by atoms with Gasteiger partial charge in [-0.25, -0.2) is 0 Å². The molecule has 0 saturated heterocycles. The smallest absolute Gasteiger partial charge is 0.0496 e. The number of thiol groups is 1. The van der Waals surface area contributed by atoms with Crippen LogP contribution < -0.4 is 0 Å². The van der Waals surface area contributed by atoms with E-state index in [-0.39, 0.29) is 9.49 Å². The summed E-state index contributed by atoms with van der Waals surface area (Å²) < 4.78 is 11.5. The third kappa shape index (κ3) is 3.16. The highest BCUT2D eigenvalue weighted by Crippen LogP contribution is 2.25.